The van der Waals surface area contributed by atoms with E-state index in [1.165, 1.54) is 30.3 Å². The summed E-state index contributed by atoms with van der Waals surface area (Å²) >= 11 is 5.92. The van der Waals surface area contributed by atoms with Crippen molar-refractivity contribution < 1.29 is 14.3 Å². The van der Waals surface area contributed by atoms with Gasteiger partial charge in [0.1, 0.15) is 5.82 Å². The Morgan fingerprint density at radius 1 is 1.21 bits per heavy atom. The summed E-state index contributed by atoms with van der Waals surface area (Å²) in [5.74, 6) is -1.33. The average molecular weight is 280 g/mol. The number of carboxylic acids is 1. The minimum absolute atomic E-state index is 0.229. The Labute approximate surface area is 114 Å². The molecule has 0 aliphatic heterocycles. The molecule has 0 aliphatic carbocycles. The quantitative estimate of drug-likeness (QED) is 0.895. The number of aromatic carboxylic acids is 1. The summed E-state index contributed by atoms with van der Waals surface area (Å²) in [6.07, 6.45) is 0. The zero-order chi connectivity index (χ0) is 13.8. The van der Waals surface area contributed by atoms with Crippen molar-refractivity contribution in [1.82, 2.24) is 0 Å². The molecule has 2 aromatic carbocycles. The molecule has 0 aromatic heterocycles. The number of nitrogens with one attached hydrogen (secondary N) is 1. The zero-order valence-corrected chi connectivity index (χ0v) is 10.6. The molecule has 0 atom stereocenters. The van der Waals surface area contributed by atoms with Gasteiger partial charge >= 0.3 is 5.97 Å². The van der Waals surface area contributed by atoms with Crippen LogP contribution in [0.4, 0.5) is 10.1 Å². The van der Waals surface area contributed by atoms with Gasteiger partial charge in [-0.05, 0) is 35.9 Å². The normalized spacial score (nSPS) is 10.2. The van der Waals surface area contributed by atoms with Gasteiger partial charge in [0.15, 0.2) is 0 Å². The molecule has 0 saturated carbocycles. The van der Waals surface area contributed by atoms with Gasteiger partial charge in [-0.3, -0.25) is 0 Å². The standard InChI is InChI=1S/C14H11ClFNO2/c15-12-6-5-11(16)7-13(12)17-8-9-1-3-10(4-2-9)14(18)19/h1-7,17H,8H2,(H,18,19). The van der Waals surface area contributed by atoms with Crippen molar-refractivity contribution in [1.29, 1.82) is 0 Å². The first-order chi connectivity index (χ1) is 9.06. The second-order valence-corrected chi connectivity index (χ2v) is 4.39. The summed E-state index contributed by atoms with van der Waals surface area (Å²) in [6.45, 7) is 0.434. The van der Waals surface area contributed by atoms with E-state index in [-0.39, 0.29) is 11.4 Å². The largest absolute Gasteiger partial charge is 0.478 e. The van der Waals surface area contributed by atoms with Gasteiger partial charge in [0.05, 0.1) is 16.3 Å². The number of carbonyl (C=O) groups is 1. The molecule has 0 saturated heterocycles. The zero-order valence-electron chi connectivity index (χ0n) is 9.86. The number of anilines is 1. The number of benzene rings is 2. The van der Waals surface area contributed by atoms with E-state index in [1.807, 2.05) is 0 Å². The Balaban J connectivity index is 2.06. The molecule has 0 heterocycles. The van der Waals surface area contributed by atoms with E-state index in [4.69, 9.17) is 16.7 Å². The summed E-state index contributed by atoms with van der Waals surface area (Å²) in [7, 11) is 0. The van der Waals surface area contributed by atoms with E-state index < -0.39 is 5.97 Å². The number of carboxylic acid groups (broad SMARTS) is 1. The summed E-state index contributed by atoms with van der Waals surface area (Å²) in [5, 5.41) is 12.2. The van der Waals surface area contributed by atoms with E-state index in [0.29, 0.717) is 17.3 Å². The molecule has 2 N–H and O–H groups in total. The Bertz CT molecular complexity index is 599. The van der Waals surface area contributed by atoms with Gasteiger partial charge in [-0.25, -0.2) is 9.18 Å². The molecule has 0 aliphatic rings. The Hall–Kier alpha value is -2.07. The lowest BCUT2D eigenvalue weighted by molar-refractivity contribution is 0.0697. The van der Waals surface area contributed by atoms with Crippen LogP contribution in [0, 0.1) is 5.82 Å². The van der Waals surface area contributed by atoms with E-state index in [1.54, 1.807) is 12.1 Å². The van der Waals surface area contributed by atoms with E-state index >= 15 is 0 Å². The van der Waals surface area contributed by atoms with Crippen molar-refractivity contribution in [3.63, 3.8) is 0 Å². The van der Waals surface area contributed by atoms with Gasteiger partial charge in [-0.1, -0.05) is 23.7 Å². The smallest absolute Gasteiger partial charge is 0.335 e. The second kappa shape index (κ2) is 5.71. The van der Waals surface area contributed by atoms with Crippen LogP contribution in [0.2, 0.25) is 5.02 Å². The Morgan fingerprint density at radius 2 is 1.89 bits per heavy atom. The molecule has 19 heavy (non-hydrogen) atoms. The first-order valence-corrected chi connectivity index (χ1v) is 5.95. The highest BCUT2D eigenvalue weighted by molar-refractivity contribution is 6.33. The molecule has 0 bridgehead atoms. The molecule has 2 aromatic rings. The summed E-state index contributed by atoms with van der Waals surface area (Å²) in [6, 6.07) is 10.5. The number of halogens is 2. The van der Waals surface area contributed by atoms with Crippen molar-refractivity contribution in [2.45, 2.75) is 6.54 Å². The molecule has 5 heteroatoms. The number of hydrogen-bond acceptors (Lipinski definition) is 2. The van der Waals surface area contributed by atoms with Crippen molar-refractivity contribution in [2.75, 3.05) is 5.32 Å². The Kier molecular flexibility index (Phi) is 4.02. The molecule has 98 valence electrons. The van der Waals surface area contributed by atoms with E-state index in [0.717, 1.165) is 5.56 Å². The maximum absolute atomic E-state index is 13.1. The highest BCUT2D eigenvalue weighted by Crippen LogP contribution is 2.23. The molecule has 2 rings (SSSR count). The highest BCUT2D eigenvalue weighted by Gasteiger charge is 2.04. The fourth-order valence-electron chi connectivity index (χ4n) is 1.60. The van der Waals surface area contributed by atoms with Crippen molar-refractivity contribution >= 4 is 23.3 Å². The topological polar surface area (TPSA) is 49.3 Å². The third-order valence-corrected chi connectivity index (χ3v) is 2.94. The molecule has 0 fully saturated rings. The highest BCUT2D eigenvalue weighted by atomic mass is 35.5. The van der Waals surface area contributed by atoms with Crippen LogP contribution in [-0.4, -0.2) is 11.1 Å². The molecule has 3 nitrogen and oxygen atoms in total. The van der Waals surface area contributed by atoms with Crippen LogP contribution in [-0.2, 0) is 6.54 Å². The molecule has 0 unspecified atom stereocenters. The second-order valence-electron chi connectivity index (χ2n) is 3.98. The van der Waals surface area contributed by atoms with E-state index in [9.17, 15) is 9.18 Å². The lowest BCUT2D eigenvalue weighted by atomic mass is 10.1. The molecule has 0 amide bonds. The van der Waals surface area contributed by atoms with Gasteiger partial charge in [-0.2, -0.15) is 0 Å². The predicted molar refractivity (Wildman–Crippen MR) is 72.1 cm³/mol. The van der Waals surface area contributed by atoms with Gasteiger partial charge < -0.3 is 10.4 Å². The van der Waals surface area contributed by atoms with Crippen LogP contribution >= 0.6 is 11.6 Å². The predicted octanol–water partition coefficient (Wildman–Crippen LogP) is 3.79. The lowest BCUT2D eigenvalue weighted by Crippen LogP contribution is -2.01. The van der Waals surface area contributed by atoms with Crippen LogP contribution in [0.5, 0.6) is 0 Å². The van der Waals surface area contributed by atoms with Crippen molar-refractivity contribution in [2.24, 2.45) is 0 Å². The summed E-state index contributed by atoms with van der Waals surface area (Å²) in [5.41, 5.74) is 1.61. The average Bonchev–Trinajstić information content (AvgIpc) is 2.40. The summed E-state index contributed by atoms with van der Waals surface area (Å²) < 4.78 is 13.1. The Morgan fingerprint density at radius 3 is 2.53 bits per heavy atom. The van der Waals surface area contributed by atoms with Crippen LogP contribution in [0.15, 0.2) is 42.5 Å². The van der Waals surface area contributed by atoms with Crippen LogP contribution in [0.3, 0.4) is 0 Å². The molecular formula is C14H11ClFNO2. The monoisotopic (exact) mass is 279 g/mol. The van der Waals surface area contributed by atoms with Gasteiger partial charge in [-0.15, -0.1) is 0 Å². The first kappa shape index (κ1) is 13.4. The first-order valence-electron chi connectivity index (χ1n) is 5.57. The van der Waals surface area contributed by atoms with Crippen molar-refractivity contribution in [3.8, 4) is 0 Å². The van der Waals surface area contributed by atoms with Crippen LogP contribution < -0.4 is 5.32 Å². The fraction of sp³-hybridized carbons (Fsp3) is 0.0714. The van der Waals surface area contributed by atoms with Crippen LogP contribution in [0.1, 0.15) is 15.9 Å². The minimum Gasteiger partial charge on any atom is -0.478 e. The van der Waals surface area contributed by atoms with Gasteiger partial charge in [0.25, 0.3) is 0 Å². The lowest BCUT2D eigenvalue weighted by Gasteiger charge is -2.08. The van der Waals surface area contributed by atoms with E-state index in [2.05, 4.69) is 5.32 Å². The fourth-order valence-corrected chi connectivity index (χ4v) is 1.78. The SMILES string of the molecule is O=C(O)c1ccc(CNc2cc(F)ccc2Cl)cc1. The summed E-state index contributed by atoms with van der Waals surface area (Å²) in [4.78, 5) is 10.7. The number of rotatable bonds is 4. The molecule has 0 radical (unpaired) electrons. The van der Waals surface area contributed by atoms with Gasteiger partial charge in [0.2, 0.25) is 0 Å². The maximum atomic E-state index is 13.1. The van der Waals surface area contributed by atoms with Gasteiger partial charge in [0, 0.05) is 6.54 Å². The minimum atomic E-state index is -0.965. The third-order valence-electron chi connectivity index (χ3n) is 2.61. The van der Waals surface area contributed by atoms with Crippen molar-refractivity contribution in [3.05, 3.63) is 64.4 Å². The molecular weight excluding hydrogens is 269 g/mol. The third kappa shape index (κ3) is 3.45. The maximum Gasteiger partial charge on any atom is 0.335 e. The van der Waals surface area contributed by atoms with Crippen LogP contribution in [0.25, 0.3) is 0 Å². The number of hydrogen-bond donors (Lipinski definition) is 2. The molecule has 0 spiro atoms.